The molecule has 3 saturated heterocycles. The number of urea groups is 1. The maximum absolute atomic E-state index is 13.3. The molecule has 4 amide bonds. The third-order valence-corrected chi connectivity index (χ3v) is 6.23. The highest BCUT2D eigenvalue weighted by Crippen LogP contribution is 2.25. The van der Waals surface area contributed by atoms with Crippen LogP contribution in [-0.2, 0) is 9.59 Å². The fourth-order valence-electron chi connectivity index (χ4n) is 4.65. The van der Waals surface area contributed by atoms with E-state index in [4.69, 9.17) is 5.73 Å². The molecule has 3 aliphatic rings. The number of hydrogen-bond acceptors (Lipinski definition) is 4. The van der Waals surface area contributed by atoms with Crippen LogP contribution in [0.1, 0.15) is 51.4 Å². The van der Waals surface area contributed by atoms with Crippen molar-refractivity contribution in [2.45, 2.75) is 57.4 Å². The number of nitrogens with zero attached hydrogens (tertiary/aromatic N) is 3. The molecule has 2 unspecified atom stereocenters. The first-order valence-corrected chi connectivity index (χ1v) is 10.9. The van der Waals surface area contributed by atoms with Gasteiger partial charge in [-0.05, 0) is 44.9 Å². The molecule has 3 fully saturated rings. The van der Waals surface area contributed by atoms with Gasteiger partial charge in [-0.2, -0.15) is 0 Å². The lowest BCUT2D eigenvalue weighted by Gasteiger charge is -2.41. The summed E-state index contributed by atoms with van der Waals surface area (Å²) in [5, 5.41) is 2.92. The van der Waals surface area contributed by atoms with Crippen molar-refractivity contribution in [3.05, 3.63) is 0 Å². The zero-order chi connectivity index (χ0) is 19.9. The number of nitrogens with two attached hydrogens (primary N) is 1. The Kier molecular flexibility index (Phi) is 7.53. The second-order valence-corrected chi connectivity index (χ2v) is 8.29. The minimum absolute atomic E-state index is 0.0487. The Bertz CT molecular complexity index is 564. The topological polar surface area (TPSA) is 99.0 Å². The maximum Gasteiger partial charge on any atom is 0.320 e. The molecule has 158 valence electrons. The summed E-state index contributed by atoms with van der Waals surface area (Å²) < 4.78 is 0. The van der Waals surface area contributed by atoms with Crippen LogP contribution in [0.2, 0.25) is 0 Å². The highest BCUT2D eigenvalue weighted by Gasteiger charge is 2.36. The van der Waals surface area contributed by atoms with Gasteiger partial charge in [0.1, 0.15) is 0 Å². The molecule has 0 aliphatic carbocycles. The quantitative estimate of drug-likeness (QED) is 0.720. The first-order chi connectivity index (χ1) is 13.6. The SMILES string of the molecule is NCCC(=O)NCC1CCCCN1C(=O)C1CCCN(C(=O)N2CCCC2)C1. The standard InChI is InChI=1S/C20H35N5O3/c21-9-8-18(26)22-14-17-7-1-2-13-25(17)19(27)16-6-5-12-24(15-16)20(28)23-10-3-4-11-23/h16-17H,1-15,21H2,(H,22,26). The Labute approximate surface area is 167 Å². The van der Waals surface area contributed by atoms with Crippen molar-refractivity contribution in [3.8, 4) is 0 Å². The smallest absolute Gasteiger partial charge is 0.320 e. The van der Waals surface area contributed by atoms with Gasteiger partial charge in [0.2, 0.25) is 11.8 Å². The van der Waals surface area contributed by atoms with Gasteiger partial charge in [0, 0.05) is 58.3 Å². The Morgan fingerprint density at radius 1 is 0.893 bits per heavy atom. The summed E-state index contributed by atoms with van der Waals surface area (Å²) in [5.74, 6) is -0.0298. The molecule has 3 aliphatic heterocycles. The van der Waals surface area contributed by atoms with E-state index in [1.807, 2.05) is 14.7 Å². The predicted octanol–water partition coefficient (Wildman–Crippen LogP) is 0.760. The maximum atomic E-state index is 13.3. The van der Waals surface area contributed by atoms with Crippen LogP contribution in [0.3, 0.4) is 0 Å². The minimum Gasteiger partial charge on any atom is -0.354 e. The molecule has 0 aromatic carbocycles. The third kappa shape index (κ3) is 5.16. The Morgan fingerprint density at radius 3 is 2.36 bits per heavy atom. The van der Waals surface area contributed by atoms with E-state index in [1.54, 1.807) is 0 Å². The van der Waals surface area contributed by atoms with Crippen LogP contribution in [0.25, 0.3) is 0 Å². The van der Waals surface area contributed by atoms with Gasteiger partial charge in [-0.1, -0.05) is 0 Å². The predicted molar refractivity (Wildman–Crippen MR) is 107 cm³/mol. The van der Waals surface area contributed by atoms with Gasteiger partial charge in [-0.25, -0.2) is 4.79 Å². The lowest BCUT2D eigenvalue weighted by Crippen LogP contribution is -2.55. The van der Waals surface area contributed by atoms with E-state index in [0.29, 0.717) is 26.1 Å². The van der Waals surface area contributed by atoms with Gasteiger partial charge in [-0.3, -0.25) is 9.59 Å². The summed E-state index contributed by atoms with van der Waals surface area (Å²) in [4.78, 5) is 43.5. The lowest BCUT2D eigenvalue weighted by atomic mass is 9.93. The molecule has 0 saturated carbocycles. The third-order valence-electron chi connectivity index (χ3n) is 6.23. The van der Waals surface area contributed by atoms with Crippen LogP contribution < -0.4 is 11.1 Å². The monoisotopic (exact) mass is 393 g/mol. The molecule has 3 rings (SSSR count). The van der Waals surface area contributed by atoms with Gasteiger partial charge < -0.3 is 25.8 Å². The number of amides is 4. The summed E-state index contributed by atoms with van der Waals surface area (Å²) in [6.45, 7) is 4.52. The summed E-state index contributed by atoms with van der Waals surface area (Å²) >= 11 is 0. The molecule has 0 aromatic heterocycles. The molecule has 3 heterocycles. The Balaban J connectivity index is 1.57. The zero-order valence-corrected chi connectivity index (χ0v) is 16.9. The highest BCUT2D eigenvalue weighted by atomic mass is 16.2. The van der Waals surface area contributed by atoms with E-state index in [2.05, 4.69) is 5.32 Å². The minimum atomic E-state index is -0.124. The molecular formula is C20H35N5O3. The van der Waals surface area contributed by atoms with Crippen LogP contribution in [0.5, 0.6) is 0 Å². The molecule has 3 N–H and O–H groups in total. The number of hydrogen-bond donors (Lipinski definition) is 2. The summed E-state index contributed by atoms with van der Waals surface area (Å²) in [5.41, 5.74) is 5.43. The molecule has 28 heavy (non-hydrogen) atoms. The molecule has 0 bridgehead atoms. The van der Waals surface area contributed by atoms with Crippen LogP contribution in [0.15, 0.2) is 0 Å². The normalized spacial score (nSPS) is 25.7. The second-order valence-electron chi connectivity index (χ2n) is 8.29. The molecule has 0 radical (unpaired) electrons. The number of likely N-dealkylation sites (tertiary alicyclic amines) is 3. The molecular weight excluding hydrogens is 358 g/mol. The van der Waals surface area contributed by atoms with Gasteiger partial charge in [0.05, 0.1) is 5.92 Å². The van der Waals surface area contributed by atoms with E-state index in [0.717, 1.165) is 71.1 Å². The largest absolute Gasteiger partial charge is 0.354 e. The van der Waals surface area contributed by atoms with E-state index in [-0.39, 0.29) is 29.8 Å². The van der Waals surface area contributed by atoms with Crippen molar-refractivity contribution in [2.24, 2.45) is 11.7 Å². The average Bonchev–Trinajstić information content (AvgIpc) is 3.26. The number of piperidine rings is 2. The fourth-order valence-corrected chi connectivity index (χ4v) is 4.65. The number of carbonyl (C=O) groups is 3. The average molecular weight is 394 g/mol. The van der Waals surface area contributed by atoms with E-state index >= 15 is 0 Å². The number of carbonyl (C=O) groups excluding carboxylic acids is 3. The lowest BCUT2D eigenvalue weighted by molar-refractivity contribution is -0.141. The van der Waals surface area contributed by atoms with Crippen LogP contribution in [0, 0.1) is 5.92 Å². The zero-order valence-electron chi connectivity index (χ0n) is 16.9. The first-order valence-electron chi connectivity index (χ1n) is 10.9. The van der Waals surface area contributed by atoms with Crippen LogP contribution >= 0.6 is 0 Å². The number of nitrogens with one attached hydrogen (secondary N) is 1. The van der Waals surface area contributed by atoms with Crippen molar-refractivity contribution in [1.29, 1.82) is 0 Å². The molecule has 8 nitrogen and oxygen atoms in total. The van der Waals surface area contributed by atoms with Gasteiger partial charge >= 0.3 is 6.03 Å². The Hall–Kier alpha value is -1.83. The first kappa shape index (κ1) is 20.9. The highest BCUT2D eigenvalue weighted by molar-refractivity contribution is 5.81. The van der Waals surface area contributed by atoms with Crippen molar-refractivity contribution in [2.75, 3.05) is 45.8 Å². The van der Waals surface area contributed by atoms with Crippen molar-refractivity contribution < 1.29 is 14.4 Å². The van der Waals surface area contributed by atoms with Gasteiger partial charge in [0.25, 0.3) is 0 Å². The van der Waals surface area contributed by atoms with Crippen LogP contribution in [-0.4, -0.2) is 84.4 Å². The molecule has 8 heteroatoms. The molecule has 0 aromatic rings. The molecule has 0 spiro atoms. The summed E-state index contributed by atoms with van der Waals surface area (Å²) in [6, 6.07) is 0.145. The summed E-state index contributed by atoms with van der Waals surface area (Å²) in [6.07, 6.45) is 7.18. The summed E-state index contributed by atoms with van der Waals surface area (Å²) in [7, 11) is 0. The fraction of sp³-hybridized carbons (Fsp3) is 0.850. The second kappa shape index (κ2) is 10.1. The molecule has 2 atom stereocenters. The van der Waals surface area contributed by atoms with Crippen molar-refractivity contribution >= 4 is 17.8 Å². The van der Waals surface area contributed by atoms with Crippen LogP contribution in [0.4, 0.5) is 4.79 Å². The van der Waals surface area contributed by atoms with Crippen molar-refractivity contribution in [1.82, 2.24) is 20.0 Å². The number of rotatable bonds is 5. The van der Waals surface area contributed by atoms with E-state index < -0.39 is 0 Å². The van der Waals surface area contributed by atoms with Gasteiger partial charge in [-0.15, -0.1) is 0 Å². The van der Waals surface area contributed by atoms with E-state index in [9.17, 15) is 14.4 Å². The van der Waals surface area contributed by atoms with Gasteiger partial charge in [0.15, 0.2) is 0 Å². The van der Waals surface area contributed by atoms with Crippen molar-refractivity contribution in [3.63, 3.8) is 0 Å². The Morgan fingerprint density at radius 2 is 1.61 bits per heavy atom. The van der Waals surface area contributed by atoms with E-state index in [1.165, 1.54) is 0 Å².